The Morgan fingerprint density at radius 1 is 1.29 bits per heavy atom. The zero-order valence-electron chi connectivity index (χ0n) is 12.5. The smallest absolute Gasteiger partial charge is 0.352 e. The van der Waals surface area contributed by atoms with E-state index in [1.165, 1.54) is 0 Å². The number of nitrogens with zero attached hydrogens (tertiary/aromatic N) is 2. The maximum absolute atomic E-state index is 12.5. The number of nitrogens with one attached hydrogen (secondary N) is 2. The van der Waals surface area contributed by atoms with E-state index in [1.54, 1.807) is 13.1 Å². The molecule has 1 aromatic carbocycles. The molecule has 0 radical (unpaired) electrons. The summed E-state index contributed by atoms with van der Waals surface area (Å²) in [5.74, 6) is 0.466. The van der Waals surface area contributed by atoms with E-state index in [2.05, 4.69) is 20.6 Å². The van der Waals surface area contributed by atoms with Crippen LogP contribution in [0.3, 0.4) is 0 Å². The summed E-state index contributed by atoms with van der Waals surface area (Å²) in [4.78, 5) is 7.56. The highest BCUT2D eigenvalue weighted by atomic mass is 127. The second-order valence-corrected chi connectivity index (χ2v) is 5.91. The van der Waals surface area contributed by atoms with Gasteiger partial charge in [0.05, 0.1) is 6.54 Å². The number of aliphatic imine (C=N–C) groups is 1. The summed E-state index contributed by atoms with van der Waals surface area (Å²) in [6, 6.07) is 7.34. The lowest BCUT2D eigenvalue weighted by Gasteiger charge is -2.11. The zero-order chi connectivity index (χ0) is 16.9. The van der Waals surface area contributed by atoms with Gasteiger partial charge in [0, 0.05) is 24.0 Å². The predicted molar refractivity (Wildman–Crippen MR) is 101 cm³/mol. The summed E-state index contributed by atoms with van der Waals surface area (Å²) in [7, 11) is 1.58. The topological polar surface area (TPSA) is 49.3 Å². The van der Waals surface area contributed by atoms with E-state index >= 15 is 0 Å². The monoisotopic (exact) mass is 490 g/mol. The number of aromatic nitrogens is 1. The summed E-state index contributed by atoms with van der Waals surface area (Å²) < 4.78 is 37.5. The van der Waals surface area contributed by atoms with Gasteiger partial charge in [-0.25, -0.2) is 4.98 Å². The minimum Gasteiger partial charge on any atom is -0.352 e. The van der Waals surface area contributed by atoms with E-state index in [0.717, 1.165) is 22.3 Å². The van der Waals surface area contributed by atoms with Crippen molar-refractivity contribution in [1.29, 1.82) is 0 Å². The van der Waals surface area contributed by atoms with Crippen molar-refractivity contribution in [2.75, 3.05) is 7.05 Å². The Hall–Kier alpha value is -1.07. The van der Waals surface area contributed by atoms with Gasteiger partial charge in [0.25, 0.3) is 0 Å². The van der Waals surface area contributed by atoms with Crippen molar-refractivity contribution in [2.24, 2.45) is 4.99 Å². The van der Waals surface area contributed by atoms with E-state index in [0.29, 0.717) is 22.5 Å². The number of hydrogen-bond acceptors (Lipinski definition) is 3. The number of guanidine groups is 1. The third kappa shape index (κ3) is 6.44. The third-order valence-corrected chi connectivity index (χ3v) is 3.91. The summed E-state index contributed by atoms with van der Waals surface area (Å²) in [6.07, 6.45) is -4.42. The molecule has 0 unspecified atom stereocenters. The van der Waals surface area contributed by atoms with Crippen LogP contribution in [-0.4, -0.2) is 18.0 Å². The van der Waals surface area contributed by atoms with Crippen LogP contribution in [-0.2, 0) is 19.3 Å². The maximum atomic E-state index is 12.5. The Kier molecular flexibility index (Phi) is 8.23. The van der Waals surface area contributed by atoms with Gasteiger partial charge < -0.3 is 10.6 Å². The first kappa shape index (κ1) is 21.0. The zero-order valence-corrected chi connectivity index (χ0v) is 16.4. The molecule has 1 aromatic heterocycles. The van der Waals surface area contributed by atoms with Gasteiger partial charge in [-0.3, -0.25) is 4.99 Å². The van der Waals surface area contributed by atoms with Crippen LogP contribution in [0.1, 0.15) is 16.3 Å². The van der Waals surface area contributed by atoms with Gasteiger partial charge in [0.2, 0.25) is 0 Å². The van der Waals surface area contributed by atoms with Crippen LogP contribution in [0.4, 0.5) is 13.2 Å². The normalized spacial score (nSPS) is 11.8. The minimum absolute atomic E-state index is 0. The van der Waals surface area contributed by atoms with Crippen molar-refractivity contribution >= 4 is 52.9 Å². The first-order valence-electron chi connectivity index (χ1n) is 6.59. The molecule has 0 aliphatic heterocycles. The van der Waals surface area contributed by atoms with Gasteiger partial charge in [-0.1, -0.05) is 23.7 Å². The molecule has 0 saturated carbocycles. The van der Waals surface area contributed by atoms with Crippen molar-refractivity contribution < 1.29 is 13.2 Å². The lowest BCUT2D eigenvalue weighted by molar-refractivity contribution is -0.140. The number of rotatable bonds is 4. The Bertz CT molecular complexity index is 691. The van der Waals surface area contributed by atoms with Gasteiger partial charge in [-0.2, -0.15) is 13.2 Å². The third-order valence-electron chi connectivity index (χ3n) is 2.82. The van der Waals surface area contributed by atoms with Crippen LogP contribution in [0.15, 0.2) is 34.6 Å². The van der Waals surface area contributed by atoms with Crippen LogP contribution in [0.25, 0.3) is 0 Å². The number of hydrogen-bond donors (Lipinski definition) is 2. The molecule has 0 aliphatic rings. The van der Waals surface area contributed by atoms with Crippen molar-refractivity contribution in [2.45, 2.75) is 19.3 Å². The summed E-state index contributed by atoms with van der Waals surface area (Å²) in [6.45, 7) is 0.655. The fourth-order valence-electron chi connectivity index (χ4n) is 1.73. The lowest BCUT2D eigenvalue weighted by Crippen LogP contribution is -2.36. The lowest BCUT2D eigenvalue weighted by atomic mass is 10.2. The van der Waals surface area contributed by atoms with Crippen LogP contribution in [0.5, 0.6) is 0 Å². The number of halogens is 5. The fraction of sp³-hybridized carbons (Fsp3) is 0.286. The molecule has 4 nitrogen and oxygen atoms in total. The van der Waals surface area contributed by atoms with E-state index in [1.807, 2.05) is 18.2 Å². The maximum Gasteiger partial charge on any atom is 0.434 e. The second-order valence-electron chi connectivity index (χ2n) is 4.53. The van der Waals surface area contributed by atoms with Gasteiger partial charge in [-0.15, -0.1) is 35.3 Å². The SMILES string of the molecule is CN=C(NCc1cccc(Cl)c1)NCc1nc(C(F)(F)F)cs1.I. The van der Waals surface area contributed by atoms with Gasteiger partial charge in [-0.05, 0) is 17.7 Å². The number of benzene rings is 1. The molecule has 1 heterocycles. The Morgan fingerprint density at radius 3 is 2.58 bits per heavy atom. The quantitative estimate of drug-likeness (QED) is 0.382. The molecular formula is C14H15ClF3IN4S. The van der Waals surface area contributed by atoms with Crippen LogP contribution in [0, 0.1) is 0 Å². The summed E-state index contributed by atoms with van der Waals surface area (Å²) in [5.41, 5.74) is 0.0928. The molecule has 0 bridgehead atoms. The molecule has 0 aliphatic carbocycles. The number of alkyl halides is 3. The molecule has 2 aromatic rings. The van der Waals surface area contributed by atoms with Crippen molar-refractivity contribution in [3.63, 3.8) is 0 Å². The summed E-state index contributed by atoms with van der Waals surface area (Å²) >= 11 is 6.85. The predicted octanol–water partition coefficient (Wildman–Crippen LogP) is 4.30. The molecule has 2 rings (SSSR count). The molecule has 2 N–H and O–H groups in total. The van der Waals surface area contributed by atoms with E-state index in [4.69, 9.17) is 11.6 Å². The molecule has 0 amide bonds. The van der Waals surface area contributed by atoms with Crippen molar-refractivity contribution in [1.82, 2.24) is 15.6 Å². The Balaban J connectivity index is 0.00000288. The average Bonchev–Trinajstić information content (AvgIpc) is 2.96. The molecule has 0 atom stereocenters. The number of thiazole rings is 1. The highest BCUT2D eigenvalue weighted by Gasteiger charge is 2.33. The van der Waals surface area contributed by atoms with Gasteiger partial charge in [0.1, 0.15) is 5.01 Å². The van der Waals surface area contributed by atoms with E-state index in [9.17, 15) is 13.2 Å². The second kappa shape index (κ2) is 9.42. The van der Waals surface area contributed by atoms with E-state index < -0.39 is 11.9 Å². The average molecular weight is 491 g/mol. The van der Waals surface area contributed by atoms with Gasteiger partial charge >= 0.3 is 6.18 Å². The Labute approximate surface area is 163 Å². The molecule has 0 saturated heterocycles. The molecule has 24 heavy (non-hydrogen) atoms. The van der Waals surface area contributed by atoms with Crippen LogP contribution >= 0.6 is 46.9 Å². The van der Waals surface area contributed by atoms with Gasteiger partial charge in [0.15, 0.2) is 11.7 Å². The Morgan fingerprint density at radius 2 is 2.00 bits per heavy atom. The minimum atomic E-state index is -4.42. The first-order valence-corrected chi connectivity index (χ1v) is 7.85. The highest BCUT2D eigenvalue weighted by molar-refractivity contribution is 14.0. The highest BCUT2D eigenvalue weighted by Crippen LogP contribution is 2.29. The fourth-order valence-corrected chi connectivity index (χ4v) is 2.69. The first-order chi connectivity index (χ1) is 10.9. The molecule has 0 fully saturated rings. The van der Waals surface area contributed by atoms with Crippen LogP contribution in [0.2, 0.25) is 5.02 Å². The summed E-state index contributed by atoms with van der Waals surface area (Å²) in [5, 5.41) is 7.95. The van der Waals surface area contributed by atoms with Crippen LogP contribution < -0.4 is 10.6 Å². The standard InChI is InChI=1S/C14H14ClF3N4S.HI/c1-19-13(20-6-9-3-2-4-10(15)5-9)21-7-12-22-11(8-23-12)14(16,17)18;/h2-5,8H,6-7H2,1H3,(H2,19,20,21);1H. The molecular weight excluding hydrogens is 476 g/mol. The largest absolute Gasteiger partial charge is 0.434 e. The molecule has 132 valence electrons. The van der Waals surface area contributed by atoms with Crippen molar-refractivity contribution in [3.05, 3.63) is 50.9 Å². The molecule has 10 heteroatoms. The van der Waals surface area contributed by atoms with Crippen molar-refractivity contribution in [3.8, 4) is 0 Å². The molecule has 0 spiro atoms. The van der Waals surface area contributed by atoms with E-state index in [-0.39, 0.29) is 30.5 Å².